The van der Waals surface area contributed by atoms with Crippen molar-refractivity contribution in [3.8, 4) is 6.07 Å². The number of nitrogens with zero attached hydrogens (tertiary/aromatic N) is 2. The van der Waals surface area contributed by atoms with Crippen LogP contribution in [0.5, 0.6) is 0 Å². The van der Waals surface area contributed by atoms with Crippen LogP contribution in [0.4, 0.5) is 4.79 Å². The van der Waals surface area contributed by atoms with E-state index in [0.717, 1.165) is 49.8 Å². The van der Waals surface area contributed by atoms with Gasteiger partial charge in [-0.1, -0.05) is 55.7 Å². The van der Waals surface area contributed by atoms with Gasteiger partial charge in [0.25, 0.3) is 0 Å². The van der Waals surface area contributed by atoms with E-state index in [4.69, 9.17) is 10.00 Å². The van der Waals surface area contributed by atoms with Crippen LogP contribution in [-0.4, -0.2) is 29.7 Å². The van der Waals surface area contributed by atoms with E-state index < -0.39 is 5.60 Å². The van der Waals surface area contributed by atoms with Gasteiger partial charge in [0.1, 0.15) is 5.60 Å². The predicted octanol–water partition coefficient (Wildman–Crippen LogP) is 7.65. The molecule has 2 aromatic rings. The summed E-state index contributed by atoms with van der Waals surface area (Å²) < 4.78 is 5.54. The topological polar surface area (TPSA) is 53.3 Å². The molecule has 2 unspecified atom stereocenters. The average Bonchev–Trinajstić information content (AvgIpc) is 3.37. The lowest BCUT2D eigenvalue weighted by Crippen LogP contribution is -2.35. The van der Waals surface area contributed by atoms with Crippen LogP contribution >= 0.6 is 0 Å². The Kier molecular flexibility index (Phi) is 8.72. The Bertz CT molecular complexity index is 1030. The Morgan fingerprint density at radius 3 is 2.08 bits per heavy atom. The highest BCUT2D eigenvalue weighted by Crippen LogP contribution is 2.35. The largest absolute Gasteiger partial charge is 0.444 e. The Morgan fingerprint density at radius 1 is 0.944 bits per heavy atom. The van der Waals surface area contributed by atoms with Crippen LogP contribution < -0.4 is 0 Å². The van der Waals surface area contributed by atoms with Crippen LogP contribution in [0, 0.1) is 23.2 Å². The summed E-state index contributed by atoms with van der Waals surface area (Å²) >= 11 is 0. The zero-order valence-corrected chi connectivity index (χ0v) is 22.3. The van der Waals surface area contributed by atoms with E-state index in [-0.39, 0.29) is 6.09 Å². The second-order valence-corrected chi connectivity index (χ2v) is 11.9. The number of carbonyl (C=O) groups excluding carboxylic acids is 1. The zero-order valence-electron chi connectivity index (χ0n) is 22.3. The second kappa shape index (κ2) is 12.0. The fourth-order valence-electron chi connectivity index (χ4n) is 5.90. The lowest BCUT2D eigenvalue weighted by atomic mass is 9.77. The van der Waals surface area contributed by atoms with Crippen LogP contribution in [0.25, 0.3) is 0 Å². The molecule has 4 rings (SSSR count). The van der Waals surface area contributed by atoms with Gasteiger partial charge in [0.2, 0.25) is 0 Å². The van der Waals surface area contributed by atoms with Crippen molar-refractivity contribution in [1.29, 1.82) is 5.26 Å². The van der Waals surface area contributed by atoms with Gasteiger partial charge in [-0.15, -0.1) is 0 Å². The number of amides is 1. The lowest BCUT2D eigenvalue weighted by Gasteiger charge is -2.29. The average molecular weight is 487 g/mol. The molecule has 1 saturated heterocycles. The molecule has 1 aliphatic heterocycles. The fourth-order valence-corrected chi connectivity index (χ4v) is 5.90. The molecule has 192 valence electrons. The van der Waals surface area contributed by atoms with Gasteiger partial charge in [0.05, 0.1) is 11.6 Å². The highest BCUT2D eigenvalue weighted by Gasteiger charge is 2.30. The van der Waals surface area contributed by atoms with Gasteiger partial charge in [-0.25, -0.2) is 4.79 Å². The van der Waals surface area contributed by atoms with Crippen LogP contribution in [-0.2, 0) is 17.6 Å². The summed E-state index contributed by atoms with van der Waals surface area (Å²) in [6, 6.07) is 19.5. The minimum absolute atomic E-state index is 0.190. The first-order valence-electron chi connectivity index (χ1n) is 13.8. The molecule has 0 aromatic heterocycles. The molecule has 4 nitrogen and oxygen atoms in total. The molecule has 36 heavy (non-hydrogen) atoms. The molecule has 1 amide bonds. The second-order valence-electron chi connectivity index (χ2n) is 11.9. The van der Waals surface area contributed by atoms with E-state index in [1.54, 1.807) is 0 Å². The predicted molar refractivity (Wildman–Crippen MR) is 145 cm³/mol. The summed E-state index contributed by atoms with van der Waals surface area (Å²) in [5, 5.41) is 8.98. The lowest BCUT2D eigenvalue weighted by molar-refractivity contribution is 0.0292. The SMILES string of the molecule is CC(C)(C)OC(=O)N1CCC(c2ccc(CC[C@H]3CCCC(CCc4ccc(C#N)cc4)C3)cc2)C1. The molecule has 2 fully saturated rings. The highest BCUT2D eigenvalue weighted by atomic mass is 16.6. The maximum atomic E-state index is 12.4. The van der Waals surface area contributed by atoms with Crippen molar-refractivity contribution in [1.82, 2.24) is 4.90 Å². The van der Waals surface area contributed by atoms with Crippen molar-refractivity contribution in [3.05, 3.63) is 70.8 Å². The standard InChI is InChI=1S/C32H42N2O2/c1-32(2,3)36-31(35)34-20-19-30(23-34)29-17-15-25(16-18-29)8-12-27-6-4-5-26(21-27)11-7-24-9-13-28(22-33)14-10-24/h9-10,13-18,26-27,30H,4-8,11-12,19-21,23H2,1-3H3/t26?,27-,30?/m1/s1. The molecule has 2 aromatic carbocycles. The molecule has 2 aliphatic rings. The number of hydrogen-bond donors (Lipinski definition) is 0. The summed E-state index contributed by atoms with van der Waals surface area (Å²) in [5.41, 5.74) is 4.43. The van der Waals surface area contributed by atoms with Crippen molar-refractivity contribution < 1.29 is 9.53 Å². The third kappa shape index (κ3) is 7.60. The van der Waals surface area contributed by atoms with Gasteiger partial charge in [-0.2, -0.15) is 5.26 Å². The summed E-state index contributed by atoms with van der Waals surface area (Å²) in [7, 11) is 0. The third-order valence-electron chi connectivity index (χ3n) is 7.95. The van der Waals surface area contributed by atoms with Crippen LogP contribution in [0.3, 0.4) is 0 Å². The van der Waals surface area contributed by atoms with Gasteiger partial charge in [-0.3, -0.25) is 0 Å². The van der Waals surface area contributed by atoms with E-state index in [9.17, 15) is 4.79 Å². The van der Waals surface area contributed by atoms with Gasteiger partial charge in [0.15, 0.2) is 0 Å². The minimum atomic E-state index is -0.444. The van der Waals surface area contributed by atoms with Gasteiger partial charge in [-0.05, 0) is 100.0 Å². The molecule has 0 bridgehead atoms. The first-order chi connectivity index (χ1) is 17.3. The number of hydrogen-bond acceptors (Lipinski definition) is 3. The highest BCUT2D eigenvalue weighted by molar-refractivity contribution is 5.68. The fraction of sp³-hybridized carbons (Fsp3) is 0.562. The number of benzene rings is 2. The Labute approximate surface area is 217 Å². The first kappa shape index (κ1) is 26.3. The van der Waals surface area contributed by atoms with E-state index in [2.05, 4.69) is 42.5 Å². The number of rotatable bonds is 7. The summed E-state index contributed by atoms with van der Waals surface area (Å²) in [6.45, 7) is 7.28. The van der Waals surface area contributed by atoms with Gasteiger partial charge < -0.3 is 9.64 Å². The molecule has 3 atom stereocenters. The molecular formula is C32H42N2O2. The van der Waals surface area contributed by atoms with Crippen molar-refractivity contribution in [3.63, 3.8) is 0 Å². The smallest absolute Gasteiger partial charge is 0.410 e. The first-order valence-corrected chi connectivity index (χ1v) is 13.8. The van der Waals surface area contributed by atoms with Crippen LogP contribution in [0.2, 0.25) is 0 Å². The van der Waals surface area contributed by atoms with Crippen molar-refractivity contribution in [2.75, 3.05) is 13.1 Å². The third-order valence-corrected chi connectivity index (χ3v) is 7.95. The van der Waals surface area contributed by atoms with Crippen LogP contribution in [0.15, 0.2) is 48.5 Å². The molecular weight excluding hydrogens is 444 g/mol. The zero-order chi connectivity index (χ0) is 25.5. The number of carbonyl (C=O) groups is 1. The molecule has 0 N–H and O–H groups in total. The normalized spacial score (nSPS) is 22.3. The molecule has 1 saturated carbocycles. The van der Waals surface area contributed by atoms with Gasteiger partial charge in [0, 0.05) is 19.0 Å². The maximum absolute atomic E-state index is 12.4. The minimum Gasteiger partial charge on any atom is -0.444 e. The summed E-state index contributed by atoms with van der Waals surface area (Å²) in [4.78, 5) is 14.2. The molecule has 0 spiro atoms. The van der Waals surface area contributed by atoms with Gasteiger partial charge >= 0.3 is 6.09 Å². The van der Waals surface area contributed by atoms with E-state index in [1.165, 1.54) is 55.2 Å². The molecule has 1 heterocycles. The Hall–Kier alpha value is -2.80. The van der Waals surface area contributed by atoms with Crippen LogP contribution in [0.1, 0.15) is 93.9 Å². The summed E-state index contributed by atoms with van der Waals surface area (Å²) in [5.74, 6) is 2.07. The Morgan fingerprint density at radius 2 is 1.53 bits per heavy atom. The summed E-state index contributed by atoms with van der Waals surface area (Å²) in [6.07, 6.45) is 11.1. The Balaban J connectivity index is 1.20. The van der Waals surface area contributed by atoms with Crippen molar-refractivity contribution in [2.24, 2.45) is 11.8 Å². The number of aryl methyl sites for hydroxylation is 2. The number of ether oxygens (including phenoxy) is 1. The molecule has 0 radical (unpaired) electrons. The quantitative estimate of drug-likeness (QED) is 0.404. The number of likely N-dealkylation sites (tertiary alicyclic amines) is 1. The van der Waals surface area contributed by atoms with Crippen molar-refractivity contribution >= 4 is 6.09 Å². The maximum Gasteiger partial charge on any atom is 0.410 e. The number of nitriles is 1. The van der Waals surface area contributed by atoms with E-state index in [0.29, 0.717) is 5.92 Å². The molecule has 1 aliphatic carbocycles. The van der Waals surface area contributed by atoms with E-state index in [1.807, 2.05) is 37.8 Å². The van der Waals surface area contributed by atoms with Crippen molar-refractivity contribution in [2.45, 2.75) is 90.1 Å². The monoisotopic (exact) mass is 486 g/mol. The molecule has 4 heteroatoms. The van der Waals surface area contributed by atoms with E-state index >= 15 is 0 Å².